The molecule has 1 rings (SSSR count). The van der Waals surface area contributed by atoms with Crippen LogP contribution in [0.1, 0.15) is 41.6 Å². The van der Waals surface area contributed by atoms with Crippen LogP contribution in [0.2, 0.25) is 0 Å². The molecular weight excluding hydrogens is 278 g/mol. The van der Waals surface area contributed by atoms with E-state index >= 15 is 0 Å². The van der Waals surface area contributed by atoms with Gasteiger partial charge in [-0.2, -0.15) is 0 Å². The lowest BCUT2D eigenvalue weighted by atomic mass is 10.1. The first-order valence-electron chi connectivity index (χ1n) is 6.54. The lowest BCUT2D eigenvalue weighted by Crippen LogP contribution is -2.02. The second kappa shape index (κ2) is 7.98. The van der Waals surface area contributed by atoms with Gasteiger partial charge in [0.1, 0.15) is 5.75 Å². The monoisotopic (exact) mass is 295 g/mol. The molecule has 0 heterocycles. The largest absolute Gasteiger partial charge is 0.494 e. The van der Waals surface area contributed by atoms with E-state index in [0.717, 1.165) is 6.42 Å². The van der Waals surface area contributed by atoms with Crippen LogP contribution in [-0.4, -0.2) is 28.9 Å². The molecule has 1 aromatic carbocycles. The summed E-state index contributed by atoms with van der Waals surface area (Å²) >= 11 is 0. The van der Waals surface area contributed by atoms with E-state index in [9.17, 15) is 19.7 Å². The Labute approximate surface area is 121 Å². The topological polar surface area (TPSA) is 107 Å². The number of hydrogen-bond acceptors (Lipinski definition) is 5. The lowest BCUT2D eigenvalue weighted by molar-refractivity contribution is -0.385. The third-order valence-corrected chi connectivity index (χ3v) is 2.92. The smallest absolute Gasteiger partial charge is 0.303 e. The zero-order valence-electron chi connectivity index (χ0n) is 11.7. The maximum absolute atomic E-state index is 10.9. The Hall–Kier alpha value is -2.44. The van der Waals surface area contributed by atoms with E-state index < -0.39 is 10.9 Å². The number of carbonyl (C=O) groups excluding carboxylic acids is 1. The Morgan fingerprint density at radius 2 is 2.10 bits per heavy atom. The molecule has 0 amide bonds. The highest BCUT2D eigenvalue weighted by molar-refractivity contribution is 5.83. The molecule has 0 atom stereocenters. The Morgan fingerprint density at radius 1 is 1.38 bits per heavy atom. The number of nitro benzene ring substituents is 1. The molecule has 7 nitrogen and oxygen atoms in total. The highest BCUT2D eigenvalue weighted by Crippen LogP contribution is 2.27. The molecule has 0 spiro atoms. The van der Waals surface area contributed by atoms with Gasteiger partial charge in [0, 0.05) is 12.0 Å². The van der Waals surface area contributed by atoms with Gasteiger partial charge in [0.25, 0.3) is 5.69 Å². The number of nitrogens with zero attached hydrogens (tertiary/aromatic N) is 1. The molecular formula is C14H17NO6. The summed E-state index contributed by atoms with van der Waals surface area (Å²) in [4.78, 5) is 31.5. The number of nitro groups is 1. The van der Waals surface area contributed by atoms with Crippen molar-refractivity contribution in [3.63, 3.8) is 0 Å². The van der Waals surface area contributed by atoms with E-state index in [4.69, 9.17) is 9.84 Å². The van der Waals surface area contributed by atoms with Crippen LogP contribution in [0.3, 0.4) is 0 Å². The van der Waals surface area contributed by atoms with Crippen molar-refractivity contribution >= 4 is 17.9 Å². The minimum absolute atomic E-state index is 0.0131. The maximum Gasteiger partial charge on any atom is 0.303 e. The van der Waals surface area contributed by atoms with E-state index in [2.05, 4.69) is 0 Å². The number of aldehydes is 1. The van der Waals surface area contributed by atoms with E-state index in [0.29, 0.717) is 37.0 Å². The van der Waals surface area contributed by atoms with Gasteiger partial charge in [-0.3, -0.25) is 19.7 Å². The van der Waals surface area contributed by atoms with Crippen molar-refractivity contribution in [1.82, 2.24) is 0 Å². The summed E-state index contributed by atoms with van der Waals surface area (Å²) in [6.45, 7) is 1.92. The van der Waals surface area contributed by atoms with Gasteiger partial charge in [0.15, 0.2) is 6.29 Å². The normalized spacial score (nSPS) is 10.1. The summed E-state index contributed by atoms with van der Waals surface area (Å²) in [5, 5.41) is 19.3. The number of carboxylic acid groups (broad SMARTS) is 1. The van der Waals surface area contributed by atoms with Crippen LogP contribution in [0.5, 0.6) is 5.75 Å². The number of ether oxygens (including phenoxy) is 1. The van der Waals surface area contributed by atoms with Crippen molar-refractivity contribution in [2.75, 3.05) is 6.61 Å². The Kier molecular flexibility index (Phi) is 6.32. The Bertz CT molecular complexity index is 541. The fourth-order valence-electron chi connectivity index (χ4n) is 1.94. The SMILES string of the molecule is Cc1cc(OCCCCCC(=O)O)cc(C=O)c1[N+](=O)[O-]. The van der Waals surface area contributed by atoms with Gasteiger partial charge in [0.2, 0.25) is 0 Å². The van der Waals surface area contributed by atoms with E-state index in [1.54, 1.807) is 6.92 Å². The predicted octanol–water partition coefficient (Wildman–Crippen LogP) is 2.74. The molecule has 0 fully saturated rings. The molecule has 0 unspecified atom stereocenters. The van der Waals surface area contributed by atoms with Crippen LogP contribution in [0.15, 0.2) is 12.1 Å². The zero-order chi connectivity index (χ0) is 15.8. The third-order valence-electron chi connectivity index (χ3n) is 2.92. The number of benzene rings is 1. The molecule has 0 saturated heterocycles. The molecule has 1 aromatic rings. The van der Waals surface area contributed by atoms with Crippen molar-refractivity contribution in [2.24, 2.45) is 0 Å². The number of rotatable bonds is 9. The Balaban J connectivity index is 2.57. The number of unbranched alkanes of at least 4 members (excludes halogenated alkanes) is 2. The average molecular weight is 295 g/mol. The van der Waals surface area contributed by atoms with E-state index in [1.165, 1.54) is 12.1 Å². The number of hydrogen-bond donors (Lipinski definition) is 1. The predicted molar refractivity (Wildman–Crippen MR) is 74.8 cm³/mol. The van der Waals surface area contributed by atoms with Crippen molar-refractivity contribution in [2.45, 2.75) is 32.6 Å². The molecule has 114 valence electrons. The molecule has 0 bridgehead atoms. The van der Waals surface area contributed by atoms with Gasteiger partial charge >= 0.3 is 5.97 Å². The molecule has 1 N–H and O–H groups in total. The standard InChI is InChI=1S/C14H17NO6/c1-10-7-12(8-11(9-16)14(10)15(19)20)21-6-4-2-3-5-13(17)18/h7-9H,2-6H2,1H3,(H,17,18). The van der Waals surface area contributed by atoms with Crippen molar-refractivity contribution < 1.29 is 24.4 Å². The minimum Gasteiger partial charge on any atom is -0.494 e. The summed E-state index contributed by atoms with van der Waals surface area (Å²) in [5.74, 6) is -0.420. The fraction of sp³-hybridized carbons (Fsp3) is 0.429. The molecule has 0 aliphatic rings. The Morgan fingerprint density at radius 3 is 2.67 bits per heavy atom. The summed E-state index contributed by atoms with van der Waals surface area (Å²) in [6, 6.07) is 2.86. The number of aliphatic carboxylic acids is 1. The third kappa shape index (κ3) is 5.21. The van der Waals surface area contributed by atoms with Crippen LogP contribution >= 0.6 is 0 Å². The van der Waals surface area contributed by atoms with Crippen LogP contribution in [0.4, 0.5) is 5.69 Å². The van der Waals surface area contributed by atoms with Gasteiger partial charge in [0.05, 0.1) is 17.1 Å². The first kappa shape index (κ1) is 16.6. The van der Waals surface area contributed by atoms with E-state index in [1.807, 2.05) is 0 Å². The second-order valence-electron chi connectivity index (χ2n) is 4.61. The van der Waals surface area contributed by atoms with Crippen LogP contribution in [-0.2, 0) is 4.79 Å². The maximum atomic E-state index is 10.9. The van der Waals surface area contributed by atoms with Gasteiger partial charge in [-0.25, -0.2) is 0 Å². The zero-order valence-corrected chi connectivity index (χ0v) is 11.7. The molecule has 7 heteroatoms. The first-order valence-corrected chi connectivity index (χ1v) is 6.54. The highest BCUT2D eigenvalue weighted by Gasteiger charge is 2.18. The summed E-state index contributed by atoms with van der Waals surface area (Å²) in [5.41, 5.74) is 0.144. The molecule has 0 aromatic heterocycles. The fourth-order valence-corrected chi connectivity index (χ4v) is 1.94. The van der Waals surface area contributed by atoms with Crippen LogP contribution in [0.25, 0.3) is 0 Å². The summed E-state index contributed by atoms with van der Waals surface area (Å²) < 4.78 is 5.44. The number of carboxylic acids is 1. The molecule has 0 radical (unpaired) electrons. The quantitative estimate of drug-likeness (QED) is 0.325. The van der Waals surface area contributed by atoms with Crippen molar-refractivity contribution in [1.29, 1.82) is 0 Å². The van der Waals surface area contributed by atoms with Gasteiger partial charge < -0.3 is 9.84 Å². The summed E-state index contributed by atoms with van der Waals surface area (Å²) in [6.07, 6.45) is 2.55. The number of aryl methyl sites for hydroxylation is 1. The minimum atomic E-state index is -0.822. The number of carbonyl (C=O) groups is 2. The van der Waals surface area contributed by atoms with Gasteiger partial charge in [-0.1, -0.05) is 0 Å². The summed E-state index contributed by atoms with van der Waals surface area (Å²) in [7, 11) is 0. The van der Waals surface area contributed by atoms with Gasteiger partial charge in [-0.05, 0) is 38.3 Å². The molecule has 0 aliphatic heterocycles. The second-order valence-corrected chi connectivity index (χ2v) is 4.61. The molecule has 21 heavy (non-hydrogen) atoms. The highest BCUT2D eigenvalue weighted by atomic mass is 16.6. The molecule has 0 aliphatic carbocycles. The van der Waals surface area contributed by atoms with Crippen LogP contribution < -0.4 is 4.74 Å². The van der Waals surface area contributed by atoms with Crippen molar-refractivity contribution in [3.8, 4) is 5.75 Å². The lowest BCUT2D eigenvalue weighted by Gasteiger charge is -2.08. The first-order chi connectivity index (χ1) is 9.95. The van der Waals surface area contributed by atoms with Crippen molar-refractivity contribution in [3.05, 3.63) is 33.4 Å². The van der Waals surface area contributed by atoms with E-state index in [-0.39, 0.29) is 17.7 Å². The van der Waals surface area contributed by atoms with Gasteiger partial charge in [-0.15, -0.1) is 0 Å². The molecule has 0 saturated carbocycles. The average Bonchev–Trinajstić information content (AvgIpc) is 2.41. The van der Waals surface area contributed by atoms with Crippen LogP contribution in [0, 0.1) is 17.0 Å².